The number of pyridine rings is 1. The van der Waals surface area contributed by atoms with Crippen molar-refractivity contribution in [3.05, 3.63) is 27.1 Å². The highest BCUT2D eigenvalue weighted by molar-refractivity contribution is 14.1. The van der Waals surface area contributed by atoms with Crippen molar-refractivity contribution in [1.29, 1.82) is 0 Å². The summed E-state index contributed by atoms with van der Waals surface area (Å²) in [5.74, 6) is 0. The molecule has 0 aliphatic rings. The van der Waals surface area contributed by atoms with Crippen LogP contribution in [0.15, 0.2) is 12.1 Å². The van der Waals surface area contributed by atoms with Gasteiger partial charge in [0.05, 0.1) is 6.61 Å². The van der Waals surface area contributed by atoms with E-state index in [0.717, 1.165) is 15.0 Å². The highest BCUT2D eigenvalue weighted by Crippen LogP contribution is 2.07. The summed E-state index contributed by atoms with van der Waals surface area (Å²) in [6, 6.07) is 3.78. The molecule has 1 aromatic heterocycles. The lowest BCUT2D eigenvalue weighted by Crippen LogP contribution is -1.93. The Labute approximate surface area is 73.4 Å². The lowest BCUT2D eigenvalue weighted by molar-refractivity contribution is 0.280. The van der Waals surface area contributed by atoms with E-state index >= 15 is 0 Å². The van der Waals surface area contributed by atoms with Gasteiger partial charge in [-0.3, -0.25) is 0 Å². The van der Waals surface area contributed by atoms with Crippen LogP contribution >= 0.6 is 22.6 Å². The maximum Gasteiger partial charge on any atom is 0.101 e. The molecule has 0 amide bonds. The van der Waals surface area contributed by atoms with Crippen molar-refractivity contribution in [2.24, 2.45) is 0 Å². The fourth-order valence-electron chi connectivity index (χ4n) is 0.726. The summed E-state index contributed by atoms with van der Waals surface area (Å²) in [6.45, 7) is 1.98. The first-order valence-electron chi connectivity index (χ1n) is 2.97. The molecule has 0 unspecified atom stereocenters. The van der Waals surface area contributed by atoms with Crippen LogP contribution in [-0.4, -0.2) is 10.1 Å². The van der Waals surface area contributed by atoms with Crippen LogP contribution in [0.2, 0.25) is 0 Å². The molecule has 0 bridgehead atoms. The predicted octanol–water partition coefficient (Wildman–Crippen LogP) is 1.49. The summed E-state index contributed by atoms with van der Waals surface area (Å²) in [5, 5.41) is 8.77. The molecule has 1 rings (SSSR count). The molecule has 0 saturated heterocycles. The fraction of sp³-hybridized carbons (Fsp3) is 0.286. The third kappa shape index (κ3) is 1.67. The summed E-state index contributed by atoms with van der Waals surface area (Å²) >= 11 is 2.15. The molecule has 54 valence electrons. The average molecular weight is 249 g/mol. The lowest BCUT2D eigenvalue weighted by Gasteiger charge is -1.99. The minimum atomic E-state index is 0.0791. The Morgan fingerprint density at radius 3 is 2.80 bits per heavy atom. The van der Waals surface area contributed by atoms with E-state index in [9.17, 15) is 0 Å². The van der Waals surface area contributed by atoms with Gasteiger partial charge in [0, 0.05) is 5.69 Å². The Morgan fingerprint density at radius 2 is 2.30 bits per heavy atom. The van der Waals surface area contributed by atoms with Crippen LogP contribution in [0.4, 0.5) is 0 Å². The van der Waals surface area contributed by atoms with Crippen LogP contribution in [0.3, 0.4) is 0 Å². The number of aryl methyl sites for hydroxylation is 1. The average Bonchev–Trinajstić information content (AvgIpc) is 1.88. The number of hydrogen-bond acceptors (Lipinski definition) is 2. The van der Waals surface area contributed by atoms with Gasteiger partial charge >= 0.3 is 0 Å². The van der Waals surface area contributed by atoms with Crippen LogP contribution in [-0.2, 0) is 6.61 Å². The smallest absolute Gasteiger partial charge is 0.101 e. The van der Waals surface area contributed by atoms with E-state index in [1.165, 1.54) is 0 Å². The van der Waals surface area contributed by atoms with Gasteiger partial charge in [0.15, 0.2) is 0 Å². The second-order valence-corrected chi connectivity index (χ2v) is 3.14. The topological polar surface area (TPSA) is 33.1 Å². The van der Waals surface area contributed by atoms with Gasteiger partial charge in [0.1, 0.15) is 3.70 Å². The molecular weight excluding hydrogens is 241 g/mol. The predicted molar refractivity (Wildman–Crippen MR) is 47.6 cm³/mol. The van der Waals surface area contributed by atoms with Gasteiger partial charge in [-0.2, -0.15) is 0 Å². The first-order valence-corrected chi connectivity index (χ1v) is 4.05. The monoisotopic (exact) mass is 249 g/mol. The number of nitrogens with zero attached hydrogens (tertiary/aromatic N) is 1. The van der Waals surface area contributed by atoms with Crippen LogP contribution in [0.25, 0.3) is 0 Å². The third-order valence-electron chi connectivity index (χ3n) is 1.33. The van der Waals surface area contributed by atoms with Gasteiger partial charge in [-0.25, -0.2) is 4.98 Å². The minimum Gasteiger partial charge on any atom is -0.392 e. The maximum absolute atomic E-state index is 8.77. The standard InChI is InChI=1S/C7H8INO/c1-5-6(4-10)2-3-7(8)9-5/h2-3,10H,4H2,1H3. The van der Waals surface area contributed by atoms with E-state index in [1.807, 2.05) is 19.1 Å². The zero-order valence-corrected chi connectivity index (χ0v) is 7.79. The first kappa shape index (κ1) is 7.94. The molecule has 0 spiro atoms. The van der Waals surface area contributed by atoms with Crippen LogP contribution in [0.1, 0.15) is 11.3 Å². The number of aliphatic hydroxyl groups is 1. The Kier molecular flexibility index (Phi) is 2.62. The SMILES string of the molecule is Cc1nc(I)ccc1CO. The highest BCUT2D eigenvalue weighted by Gasteiger charge is 1.96. The molecule has 0 atom stereocenters. The summed E-state index contributed by atoms with van der Waals surface area (Å²) in [5.41, 5.74) is 1.81. The molecule has 1 aromatic rings. The Morgan fingerprint density at radius 1 is 1.60 bits per heavy atom. The van der Waals surface area contributed by atoms with E-state index < -0.39 is 0 Å². The first-order chi connectivity index (χ1) is 4.74. The van der Waals surface area contributed by atoms with Crippen molar-refractivity contribution in [2.45, 2.75) is 13.5 Å². The van der Waals surface area contributed by atoms with Crippen molar-refractivity contribution in [3.63, 3.8) is 0 Å². The van der Waals surface area contributed by atoms with Gasteiger partial charge in [0.25, 0.3) is 0 Å². The zero-order valence-electron chi connectivity index (χ0n) is 5.63. The molecule has 10 heavy (non-hydrogen) atoms. The molecule has 0 aliphatic carbocycles. The van der Waals surface area contributed by atoms with Crippen molar-refractivity contribution in [2.75, 3.05) is 0 Å². The van der Waals surface area contributed by atoms with Gasteiger partial charge < -0.3 is 5.11 Å². The molecule has 0 radical (unpaired) electrons. The molecule has 1 heterocycles. The summed E-state index contributed by atoms with van der Waals surface area (Å²) in [6.07, 6.45) is 0. The summed E-state index contributed by atoms with van der Waals surface area (Å²) in [7, 11) is 0. The van der Waals surface area contributed by atoms with E-state index in [0.29, 0.717) is 0 Å². The number of aliphatic hydroxyl groups excluding tert-OH is 1. The fourth-order valence-corrected chi connectivity index (χ4v) is 1.27. The largest absolute Gasteiger partial charge is 0.392 e. The Balaban J connectivity index is 3.07. The van der Waals surface area contributed by atoms with Crippen LogP contribution in [0, 0.1) is 10.6 Å². The quantitative estimate of drug-likeness (QED) is 0.604. The molecular formula is C7H8INO. The Hall–Kier alpha value is -0.160. The van der Waals surface area contributed by atoms with Crippen molar-refractivity contribution in [3.8, 4) is 0 Å². The van der Waals surface area contributed by atoms with Gasteiger partial charge in [-0.15, -0.1) is 0 Å². The van der Waals surface area contributed by atoms with E-state index in [1.54, 1.807) is 0 Å². The van der Waals surface area contributed by atoms with E-state index in [4.69, 9.17) is 5.11 Å². The van der Waals surface area contributed by atoms with Crippen molar-refractivity contribution >= 4 is 22.6 Å². The number of hydrogen-bond donors (Lipinski definition) is 1. The minimum absolute atomic E-state index is 0.0791. The van der Waals surface area contributed by atoms with Gasteiger partial charge in [-0.1, -0.05) is 6.07 Å². The lowest BCUT2D eigenvalue weighted by atomic mass is 10.2. The second-order valence-electron chi connectivity index (χ2n) is 2.04. The number of aromatic nitrogens is 1. The normalized spacial score (nSPS) is 9.90. The number of rotatable bonds is 1. The van der Waals surface area contributed by atoms with E-state index in [2.05, 4.69) is 27.6 Å². The number of halogens is 1. The van der Waals surface area contributed by atoms with E-state index in [-0.39, 0.29) is 6.61 Å². The van der Waals surface area contributed by atoms with Gasteiger partial charge in [0.2, 0.25) is 0 Å². The molecule has 1 N–H and O–H groups in total. The molecule has 0 fully saturated rings. The molecule has 0 aromatic carbocycles. The Bertz CT molecular complexity index is 237. The highest BCUT2D eigenvalue weighted by atomic mass is 127. The maximum atomic E-state index is 8.77. The molecule has 2 nitrogen and oxygen atoms in total. The molecule has 0 saturated carbocycles. The summed E-state index contributed by atoms with van der Waals surface area (Å²) < 4.78 is 0.965. The van der Waals surface area contributed by atoms with Crippen LogP contribution < -0.4 is 0 Å². The second kappa shape index (κ2) is 3.30. The van der Waals surface area contributed by atoms with Crippen molar-refractivity contribution in [1.82, 2.24) is 4.98 Å². The third-order valence-corrected chi connectivity index (χ3v) is 1.93. The van der Waals surface area contributed by atoms with Crippen molar-refractivity contribution < 1.29 is 5.11 Å². The molecule has 0 aliphatic heterocycles. The zero-order chi connectivity index (χ0) is 7.56. The van der Waals surface area contributed by atoms with Crippen LogP contribution in [0.5, 0.6) is 0 Å². The molecule has 3 heteroatoms. The van der Waals surface area contributed by atoms with Gasteiger partial charge in [-0.05, 0) is 41.1 Å². The summed E-state index contributed by atoms with van der Waals surface area (Å²) in [4.78, 5) is 4.17.